The second-order valence-electron chi connectivity index (χ2n) is 8.87. The molecule has 2 heterocycles. The Bertz CT molecular complexity index is 954. The maximum Gasteiger partial charge on any atom is 0.240 e. The maximum absolute atomic E-state index is 12.7. The zero-order chi connectivity index (χ0) is 21.8. The lowest BCUT2D eigenvalue weighted by molar-refractivity contribution is 0.312. The van der Waals surface area contributed by atoms with Gasteiger partial charge in [-0.3, -0.25) is 9.80 Å². The van der Waals surface area contributed by atoms with E-state index in [1.807, 2.05) is 19.1 Å². The highest BCUT2D eigenvalue weighted by Crippen LogP contribution is 2.29. The van der Waals surface area contributed by atoms with Gasteiger partial charge in [0.1, 0.15) is 5.75 Å². The van der Waals surface area contributed by atoms with Crippen LogP contribution < -0.4 is 4.72 Å². The van der Waals surface area contributed by atoms with Gasteiger partial charge in [-0.25, -0.2) is 13.1 Å². The van der Waals surface area contributed by atoms with Crippen LogP contribution in [0.1, 0.15) is 47.9 Å². The quantitative estimate of drug-likeness (QED) is 0.654. The van der Waals surface area contributed by atoms with Gasteiger partial charge < -0.3 is 5.11 Å². The van der Waals surface area contributed by atoms with Crippen LogP contribution in [0.4, 0.5) is 0 Å². The number of hydrogen-bond donors (Lipinski definition) is 2. The molecule has 2 saturated heterocycles. The average molecular weight is 444 g/mol. The fraction of sp³-hybridized carbons (Fsp3) is 0.500. The van der Waals surface area contributed by atoms with E-state index in [2.05, 4.69) is 14.5 Å². The van der Waals surface area contributed by atoms with Gasteiger partial charge in [-0.05, 0) is 88.6 Å². The first-order valence-electron chi connectivity index (χ1n) is 11.3. The summed E-state index contributed by atoms with van der Waals surface area (Å²) in [7, 11) is -3.59. The first-order valence-corrected chi connectivity index (χ1v) is 12.7. The molecule has 2 aliphatic heterocycles. The van der Waals surface area contributed by atoms with E-state index in [-0.39, 0.29) is 11.4 Å². The minimum Gasteiger partial charge on any atom is -0.507 e. The molecule has 4 rings (SSSR count). The molecule has 2 fully saturated rings. The Morgan fingerprint density at radius 2 is 1.35 bits per heavy atom. The van der Waals surface area contributed by atoms with Crippen molar-refractivity contribution in [3.05, 3.63) is 58.7 Å². The number of rotatable bonds is 8. The van der Waals surface area contributed by atoms with Gasteiger partial charge in [0.25, 0.3) is 0 Å². The standard InChI is InChI=1S/C24H33N3O3S/c1-19-6-8-23(9-7-19)31(29,30)25-16-20-14-21(17-26-10-2-3-11-26)24(28)22(15-20)18-27-12-4-5-13-27/h6-9,14-15,25,28H,2-5,10-13,16-18H2,1H3. The number of phenols is 1. The first kappa shape index (κ1) is 22.3. The van der Waals surface area contributed by atoms with E-state index in [9.17, 15) is 13.5 Å². The summed E-state index contributed by atoms with van der Waals surface area (Å²) in [4.78, 5) is 4.98. The lowest BCUT2D eigenvalue weighted by Gasteiger charge is -2.21. The van der Waals surface area contributed by atoms with Crippen molar-refractivity contribution in [1.82, 2.24) is 14.5 Å². The van der Waals surface area contributed by atoms with Gasteiger partial charge in [-0.15, -0.1) is 0 Å². The van der Waals surface area contributed by atoms with Crippen LogP contribution in [-0.2, 0) is 29.7 Å². The summed E-state index contributed by atoms with van der Waals surface area (Å²) in [5.41, 5.74) is 3.69. The number of nitrogens with one attached hydrogen (secondary N) is 1. The Balaban J connectivity index is 1.55. The largest absolute Gasteiger partial charge is 0.507 e. The number of phenolic OH excluding ortho intramolecular Hbond substituents is 1. The molecule has 0 amide bonds. The molecule has 6 nitrogen and oxygen atoms in total. The van der Waals surface area contributed by atoms with Crippen molar-refractivity contribution >= 4 is 10.0 Å². The molecule has 0 unspecified atom stereocenters. The molecule has 168 valence electrons. The highest BCUT2D eigenvalue weighted by molar-refractivity contribution is 7.89. The van der Waals surface area contributed by atoms with Gasteiger partial charge in [0.2, 0.25) is 10.0 Å². The van der Waals surface area contributed by atoms with Gasteiger partial charge in [0, 0.05) is 30.8 Å². The van der Waals surface area contributed by atoms with Crippen LogP contribution in [0, 0.1) is 6.92 Å². The summed E-state index contributed by atoms with van der Waals surface area (Å²) in [6.45, 7) is 7.74. The molecule has 0 radical (unpaired) electrons. The third-order valence-corrected chi connectivity index (χ3v) is 7.73. The Kier molecular flexibility index (Phi) is 6.96. The summed E-state index contributed by atoms with van der Waals surface area (Å²) in [6, 6.07) is 10.8. The Labute approximate surface area is 185 Å². The molecule has 0 saturated carbocycles. The molecule has 2 aliphatic rings. The molecule has 7 heteroatoms. The van der Waals surface area contributed by atoms with E-state index in [4.69, 9.17) is 0 Å². The molecule has 0 atom stereocenters. The van der Waals surface area contributed by atoms with Crippen molar-refractivity contribution in [2.24, 2.45) is 0 Å². The third-order valence-electron chi connectivity index (χ3n) is 6.31. The summed E-state index contributed by atoms with van der Waals surface area (Å²) >= 11 is 0. The highest BCUT2D eigenvalue weighted by atomic mass is 32.2. The zero-order valence-corrected chi connectivity index (χ0v) is 19.1. The monoisotopic (exact) mass is 443 g/mol. The number of aromatic hydroxyl groups is 1. The summed E-state index contributed by atoms with van der Waals surface area (Å²) in [5.74, 6) is 0.365. The van der Waals surface area contributed by atoms with E-state index < -0.39 is 10.0 Å². The number of likely N-dealkylation sites (tertiary alicyclic amines) is 2. The highest BCUT2D eigenvalue weighted by Gasteiger charge is 2.20. The van der Waals surface area contributed by atoms with Crippen LogP contribution in [0.2, 0.25) is 0 Å². The SMILES string of the molecule is Cc1ccc(S(=O)(=O)NCc2cc(CN3CCCC3)c(O)c(CN3CCCC3)c2)cc1. The van der Waals surface area contributed by atoms with Crippen LogP contribution >= 0.6 is 0 Å². The van der Waals surface area contributed by atoms with Crippen LogP contribution in [0.3, 0.4) is 0 Å². The van der Waals surface area contributed by atoms with Crippen LogP contribution in [-0.4, -0.2) is 49.5 Å². The average Bonchev–Trinajstić information content (AvgIpc) is 3.44. The van der Waals surface area contributed by atoms with Crippen molar-refractivity contribution in [2.45, 2.75) is 57.1 Å². The molecule has 0 bridgehead atoms. The van der Waals surface area contributed by atoms with Crippen LogP contribution in [0.15, 0.2) is 41.3 Å². The molecule has 0 spiro atoms. The minimum atomic E-state index is -3.59. The van der Waals surface area contributed by atoms with E-state index in [1.165, 1.54) is 25.7 Å². The topological polar surface area (TPSA) is 72.9 Å². The first-order chi connectivity index (χ1) is 14.9. The van der Waals surface area contributed by atoms with Gasteiger partial charge in [0.15, 0.2) is 0 Å². The molecule has 2 aromatic rings. The molecule has 2 N–H and O–H groups in total. The number of hydrogen-bond acceptors (Lipinski definition) is 5. The normalized spacial score (nSPS) is 18.1. The summed E-state index contributed by atoms with van der Waals surface area (Å²) in [6.07, 6.45) is 4.77. The van der Waals surface area contributed by atoms with E-state index in [0.29, 0.717) is 18.8 Å². The maximum atomic E-state index is 12.7. The Hall–Kier alpha value is -1.93. The summed E-state index contributed by atoms with van der Waals surface area (Å²) in [5, 5.41) is 11.0. The van der Waals surface area contributed by atoms with Crippen molar-refractivity contribution < 1.29 is 13.5 Å². The number of aryl methyl sites for hydroxylation is 1. The van der Waals surface area contributed by atoms with E-state index in [1.54, 1.807) is 24.3 Å². The van der Waals surface area contributed by atoms with Crippen molar-refractivity contribution in [3.8, 4) is 5.75 Å². The second kappa shape index (κ2) is 9.69. The zero-order valence-electron chi connectivity index (χ0n) is 18.3. The molecule has 0 aliphatic carbocycles. The van der Waals surface area contributed by atoms with Crippen LogP contribution in [0.5, 0.6) is 5.75 Å². The molecule has 0 aromatic heterocycles. The van der Waals surface area contributed by atoms with E-state index in [0.717, 1.165) is 48.4 Å². The Morgan fingerprint density at radius 1 is 0.871 bits per heavy atom. The van der Waals surface area contributed by atoms with Gasteiger partial charge in [-0.2, -0.15) is 0 Å². The third kappa shape index (κ3) is 5.66. The smallest absolute Gasteiger partial charge is 0.240 e. The van der Waals surface area contributed by atoms with E-state index >= 15 is 0 Å². The van der Waals surface area contributed by atoms with Crippen molar-refractivity contribution in [1.29, 1.82) is 0 Å². The fourth-order valence-electron chi connectivity index (χ4n) is 4.52. The lowest BCUT2D eigenvalue weighted by atomic mass is 10.0. The van der Waals surface area contributed by atoms with Gasteiger partial charge in [0.05, 0.1) is 4.90 Å². The molecular weight excluding hydrogens is 410 g/mol. The van der Waals surface area contributed by atoms with Crippen molar-refractivity contribution in [2.75, 3.05) is 26.2 Å². The molecular formula is C24H33N3O3S. The molecule has 31 heavy (non-hydrogen) atoms. The lowest BCUT2D eigenvalue weighted by Crippen LogP contribution is -2.24. The number of nitrogens with zero attached hydrogens (tertiary/aromatic N) is 2. The van der Waals surface area contributed by atoms with Crippen LogP contribution in [0.25, 0.3) is 0 Å². The minimum absolute atomic E-state index is 0.205. The predicted octanol–water partition coefficient (Wildman–Crippen LogP) is 3.37. The summed E-state index contributed by atoms with van der Waals surface area (Å²) < 4.78 is 28.2. The number of benzene rings is 2. The van der Waals surface area contributed by atoms with Gasteiger partial charge in [-0.1, -0.05) is 17.7 Å². The second-order valence-corrected chi connectivity index (χ2v) is 10.6. The Morgan fingerprint density at radius 3 is 1.84 bits per heavy atom. The van der Waals surface area contributed by atoms with Crippen molar-refractivity contribution in [3.63, 3.8) is 0 Å². The predicted molar refractivity (Wildman–Crippen MR) is 122 cm³/mol. The number of sulfonamides is 1. The van der Waals surface area contributed by atoms with Gasteiger partial charge >= 0.3 is 0 Å². The fourth-order valence-corrected chi connectivity index (χ4v) is 5.54. The molecule has 2 aromatic carbocycles.